The van der Waals surface area contributed by atoms with Crippen LogP contribution < -0.4 is 0 Å². The van der Waals surface area contributed by atoms with E-state index in [-0.39, 0.29) is 6.42 Å². The van der Waals surface area contributed by atoms with Crippen LogP contribution in [0.15, 0.2) is 11.6 Å². The first kappa shape index (κ1) is 19.6. The molecule has 0 amide bonds. The minimum Gasteiger partial charge on any atom is -0.489 e. The molecule has 0 unspecified atom stereocenters. The summed E-state index contributed by atoms with van der Waals surface area (Å²) in [7, 11) is -1.77. The summed E-state index contributed by atoms with van der Waals surface area (Å²) in [6.07, 6.45) is 1.29. The first-order valence-electron chi connectivity index (χ1n) is 6.61. The van der Waals surface area contributed by atoms with E-state index in [1.54, 1.807) is 0 Å². The highest BCUT2D eigenvalue weighted by molar-refractivity contribution is 7.19. The minimum atomic E-state index is -5.84. The summed E-state index contributed by atoms with van der Waals surface area (Å²) in [5.74, 6) is -22.0. The van der Waals surface area contributed by atoms with Gasteiger partial charge < -0.3 is 4.74 Å². The maximum absolute atomic E-state index is 13.2. The highest BCUT2D eigenvalue weighted by atomic mass is 35.6. The van der Waals surface area contributed by atoms with Gasteiger partial charge in [0.15, 0.2) is 0 Å². The molecule has 0 radical (unpaired) electrons. The quantitative estimate of drug-likeness (QED) is 0.240. The van der Waals surface area contributed by atoms with Crippen molar-refractivity contribution in [1.29, 1.82) is 0 Å². The fraction of sp³-hybridized carbons (Fsp3) is 0.833. The van der Waals surface area contributed by atoms with Crippen molar-refractivity contribution in [2.75, 3.05) is 6.61 Å². The Bertz CT molecular complexity index is 445. The van der Waals surface area contributed by atoms with Crippen molar-refractivity contribution in [1.82, 2.24) is 0 Å². The van der Waals surface area contributed by atoms with Crippen LogP contribution >= 0.6 is 11.1 Å². The van der Waals surface area contributed by atoms with Gasteiger partial charge in [0, 0.05) is 0 Å². The zero-order chi connectivity index (χ0) is 17.4. The number of ether oxygens (including phenoxy) is 1. The smallest absolute Gasteiger partial charge is 0.386 e. The van der Waals surface area contributed by atoms with Gasteiger partial charge in [0.1, 0.15) is 7.38 Å². The third kappa shape index (κ3) is 3.55. The standard InChI is InChI=1S/C12H16ClF7OSi/c1-22(2,13)7-5-3-4-6-21-9-8(14)10(15,16)12(19,20)11(9,17)18/h3-7H2,1-2H3. The molecule has 0 aromatic carbocycles. The average Bonchev–Trinajstić information content (AvgIpc) is 2.42. The molecule has 1 nitrogen and oxygen atoms in total. The first-order chi connectivity index (χ1) is 9.75. The SMILES string of the molecule is C[Si](C)(Cl)CCCCCOC1=C(F)C(F)(F)C(F)(F)C1(F)F. The molecule has 0 fully saturated rings. The number of alkyl halides is 6. The van der Waals surface area contributed by atoms with E-state index < -0.39 is 43.3 Å². The van der Waals surface area contributed by atoms with Crippen LogP contribution in [0.5, 0.6) is 0 Å². The van der Waals surface area contributed by atoms with Crippen molar-refractivity contribution >= 4 is 18.5 Å². The summed E-state index contributed by atoms with van der Waals surface area (Å²) in [6, 6.07) is 0.748. The van der Waals surface area contributed by atoms with Gasteiger partial charge in [-0.15, -0.1) is 0 Å². The largest absolute Gasteiger partial charge is 0.489 e. The van der Waals surface area contributed by atoms with Crippen LogP contribution in [-0.4, -0.2) is 31.8 Å². The Morgan fingerprint density at radius 2 is 1.50 bits per heavy atom. The summed E-state index contributed by atoms with van der Waals surface area (Å²) < 4.78 is 95.2. The van der Waals surface area contributed by atoms with E-state index in [0.29, 0.717) is 12.8 Å². The van der Waals surface area contributed by atoms with E-state index in [4.69, 9.17) is 11.1 Å². The Labute approximate surface area is 129 Å². The number of allylic oxidation sites excluding steroid dienone is 2. The second-order valence-corrected chi connectivity index (χ2v) is 12.8. The Kier molecular flexibility index (Phi) is 5.54. The predicted octanol–water partition coefficient (Wildman–Crippen LogP) is 5.72. The maximum atomic E-state index is 13.2. The maximum Gasteiger partial charge on any atom is 0.386 e. The molecule has 0 saturated heterocycles. The fourth-order valence-corrected chi connectivity index (χ4v) is 3.40. The Morgan fingerprint density at radius 3 is 1.91 bits per heavy atom. The lowest BCUT2D eigenvalue weighted by Crippen LogP contribution is -2.49. The summed E-state index contributed by atoms with van der Waals surface area (Å²) in [6.45, 7) is 3.28. The molecule has 10 heteroatoms. The van der Waals surface area contributed by atoms with Crippen molar-refractivity contribution in [3.63, 3.8) is 0 Å². The number of hydrogen-bond acceptors (Lipinski definition) is 1. The normalized spacial score (nSPS) is 23.0. The minimum absolute atomic E-state index is 0.144. The molecule has 0 N–H and O–H groups in total. The predicted molar refractivity (Wildman–Crippen MR) is 70.9 cm³/mol. The summed E-state index contributed by atoms with van der Waals surface area (Å²) in [4.78, 5) is 0. The van der Waals surface area contributed by atoms with Gasteiger partial charge in [0.2, 0.25) is 11.6 Å². The zero-order valence-corrected chi connectivity index (χ0v) is 13.7. The van der Waals surface area contributed by atoms with Crippen LogP contribution in [0, 0.1) is 0 Å². The van der Waals surface area contributed by atoms with Gasteiger partial charge in [0.05, 0.1) is 6.61 Å². The van der Waals surface area contributed by atoms with Crippen LogP contribution in [0.4, 0.5) is 30.7 Å². The van der Waals surface area contributed by atoms with E-state index in [2.05, 4.69) is 4.74 Å². The second-order valence-electron chi connectivity index (χ2n) is 5.74. The molecule has 0 heterocycles. The van der Waals surface area contributed by atoms with Crippen molar-refractivity contribution in [3.05, 3.63) is 11.6 Å². The topological polar surface area (TPSA) is 9.23 Å². The molecule has 0 atom stereocenters. The van der Waals surface area contributed by atoms with Crippen LogP contribution in [0.3, 0.4) is 0 Å². The van der Waals surface area contributed by atoms with Crippen molar-refractivity contribution in [2.45, 2.75) is 56.2 Å². The Morgan fingerprint density at radius 1 is 0.955 bits per heavy atom. The van der Waals surface area contributed by atoms with Gasteiger partial charge in [-0.2, -0.15) is 37.4 Å². The van der Waals surface area contributed by atoms with E-state index in [9.17, 15) is 30.7 Å². The van der Waals surface area contributed by atoms with Crippen molar-refractivity contribution < 1.29 is 35.5 Å². The lowest BCUT2D eigenvalue weighted by molar-refractivity contribution is -0.274. The number of hydrogen-bond donors (Lipinski definition) is 0. The second kappa shape index (κ2) is 6.22. The van der Waals surface area contributed by atoms with Gasteiger partial charge >= 0.3 is 17.8 Å². The molecule has 0 aliphatic heterocycles. The molecule has 1 rings (SSSR count). The molecule has 130 valence electrons. The lowest BCUT2D eigenvalue weighted by Gasteiger charge is -2.24. The van der Waals surface area contributed by atoms with E-state index in [0.717, 1.165) is 6.04 Å². The summed E-state index contributed by atoms with van der Waals surface area (Å²) in [5.41, 5.74) is 0. The summed E-state index contributed by atoms with van der Waals surface area (Å²) in [5, 5.41) is 0. The lowest BCUT2D eigenvalue weighted by atomic mass is 10.1. The van der Waals surface area contributed by atoms with Gasteiger partial charge in [-0.1, -0.05) is 25.9 Å². The summed E-state index contributed by atoms with van der Waals surface area (Å²) >= 11 is 6.05. The highest BCUT2D eigenvalue weighted by Gasteiger charge is 2.82. The first-order valence-corrected chi connectivity index (χ1v) is 10.8. The van der Waals surface area contributed by atoms with Crippen molar-refractivity contribution in [3.8, 4) is 0 Å². The highest BCUT2D eigenvalue weighted by Crippen LogP contribution is 2.59. The van der Waals surface area contributed by atoms with E-state index in [1.165, 1.54) is 0 Å². The van der Waals surface area contributed by atoms with E-state index >= 15 is 0 Å². The molecular weight excluding hydrogens is 357 g/mol. The zero-order valence-electron chi connectivity index (χ0n) is 12.0. The van der Waals surface area contributed by atoms with Gasteiger partial charge in [0.25, 0.3) is 0 Å². The van der Waals surface area contributed by atoms with Gasteiger partial charge in [-0.25, -0.2) is 4.39 Å². The molecule has 0 spiro atoms. The Balaban J connectivity index is 2.57. The fourth-order valence-electron chi connectivity index (χ4n) is 1.91. The van der Waals surface area contributed by atoms with E-state index in [1.807, 2.05) is 13.1 Å². The molecule has 1 aliphatic rings. The third-order valence-corrected chi connectivity index (χ3v) is 5.32. The molecular formula is C12H16ClF7OSi. The molecule has 1 aliphatic carbocycles. The van der Waals surface area contributed by atoms with Crippen LogP contribution in [0.25, 0.3) is 0 Å². The number of rotatable bonds is 7. The van der Waals surface area contributed by atoms with Crippen LogP contribution in [0.1, 0.15) is 19.3 Å². The molecule has 0 aromatic heterocycles. The average molecular weight is 373 g/mol. The molecule has 0 saturated carbocycles. The third-order valence-electron chi connectivity index (χ3n) is 3.21. The van der Waals surface area contributed by atoms with Crippen LogP contribution in [0.2, 0.25) is 19.1 Å². The van der Waals surface area contributed by atoms with Crippen molar-refractivity contribution in [2.24, 2.45) is 0 Å². The molecule has 22 heavy (non-hydrogen) atoms. The molecule has 0 bridgehead atoms. The number of halogens is 8. The Hall–Kier alpha value is -0.443. The van der Waals surface area contributed by atoms with Crippen LogP contribution in [-0.2, 0) is 4.74 Å². The molecule has 0 aromatic rings. The number of unbranched alkanes of at least 4 members (excludes halogenated alkanes) is 2. The van der Waals surface area contributed by atoms with Gasteiger partial charge in [-0.3, -0.25) is 0 Å². The monoisotopic (exact) mass is 372 g/mol. The van der Waals surface area contributed by atoms with Gasteiger partial charge in [-0.05, 0) is 12.5 Å².